The Labute approximate surface area is 256 Å². The number of hydrogen-bond donors (Lipinski definition) is 1. The average Bonchev–Trinajstić information content (AvgIpc) is 3.32. The number of aliphatic hydroxyl groups excluding tert-OH is 1. The SMILES string of the molecule is CCOc1cc([C@H]2/C(=C(\O)c3ccc4c(c3)OCCO4)C(=O)C(=O)N2CCc2ccccc2)ccc1OCc1ccccc1. The van der Waals surface area contributed by atoms with Crippen molar-refractivity contribution < 1.29 is 33.6 Å². The summed E-state index contributed by atoms with van der Waals surface area (Å²) in [5.74, 6) is 0.329. The Balaban J connectivity index is 1.40. The number of nitrogens with zero attached hydrogens (tertiary/aromatic N) is 1. The number of ether oxygens (including phenoxy) is 4. The number of likely N-dealkylation sites (tertiary alicyclic amines) is 1. The molecule has 44 heavy (non-hydrogen) atoms. The first-order chi connectivity index (χ1) is 21.5. The second-order valence-electron chi connectivity index (χ2n) is 10.5. The zero-order valence-corrected chi connectivity index (χ0v) is 24.4. The molecule has 0 radical (unpaired) electrons. The third-order valence-corrected chi connectivity index (χ3v) is 7.66. The topological polar surface area (TPSA) is 94.5 Å². The van der Waals surface area contributed by atoms with Crippen molar-refractivity contribution in [3.05, 3.63) is 125 Å². The average molecular weight is 592 g/mol. The van der Waals surface area contributed by atoms with Crippen LogP contribution in [-0.4, -0.2) is 48.1 Å². The maximum atomic E-state index is 13.6. The van der Waals surface area contributed by atoms with E-state index in [1.165, 1.54) is 4.90 Å². The summed E-state index contributed by atoms with van der Waals surface area (Å²) < 4.78 is 23.4. The van der Waals surface area contributed by atoms with E-state index in [9.17, 15) is 14.7 Å². The summed E-state index contributed by atoms with van der Waals surface area (Å²) in [4.78, 5) is 28.7. The molecule has 0 aromatic heterocycles. The summed E-state index contributed by atoms with van der Waals surface area (Å²) in [6, 6.07) is 29.1. The van der Waals surface area contributed by atoms with Gasteiger partial charge in [0.1, 0.15) is 25.6 Å². The molecule has 1 N–H and O–H groups in total. The van der Waals surface area contributed by atoms with Gasteiger partial charge < -0.3 is 29.0 Å². The molecule has 1 fully saturated rings. The number of rotatable bonds is 10. The van der Waals surface area contributed by atoms with E-state index >= 15 is 0 Å². The number of carbonyl (C=O) groups is 2. The Kier molecular flexibility index (Phi) is 8.50. The molecular formula is C36H33NO7. The molecule has 0 spiro atoms. The van der Waals surface area contributed by atoms with Gasteiger partial charge in [-0.3, -0.25) is 9.59 Å². The van der Waals surface area contributed by atoms with Crippen LogP contribution in [0.2, 0.25) is 0 Å². The molecule has 4 aromatic rings. The fourth-order valence-corrected chi connectivity index (χ4v) is 5.52. The second kappa shape index (κ2) is 13.0. The Bertz CT molecular complexity index is 1680. The maximum Gasteiger partial charge on any atom is 0.295 e. The van der Waals surface area contributed by atoms with Crippen LogP contribution in [0.3, 0.4) is 0 Å². The molecule has 1 amide bonds. The smallest absolute Gasteiger partial charge is 0.295 e. The van der Waals surface area contributed by atoms with Crippen molar-refractivity contribution in [3.8, 4) is 23.0 Å². The Hall–Kier alpha value is -5.24. The van der Waals surface area contributed by atoms with Gasteiger partial charge in [-0.15, -0.1) is 0 Å². The normalized spacial score (nSPS) is 17.0. The summed E-state index contributed by atoms with van der Waals surface area (Å²) in [6.07, 6.45) is 0.533. The minimum absolute atomic E-state index is 0.000131. The number of aliphatic hydroxyl groups is 1. The van der Waals surface area contributed by atoms with Crippen LogP contribution in [0.25, 0.3) is 5.76 Å². The van der Waals surface area contributed by atoms with Gasteiger partial charge in [0.2, 0.25) is 0 Å². The summed E-state index contributed by atoms with van der Waals surface area (Å²) >= 11 is 0. The van der Waals surface area contributed by atoms with Gasteiger partial charge in [0, 0.05) is 12.1 Å². The zero-order valence-electron chi connectivity index (χ0n) is 24.4. The summed E-state index contributed by atoms with van der Waals surface area (Å²) in [6.45, 7) is 3.68. The van der Waals surface area contributed by atoms with Crippen LogP contribution in [0.5, 0.6) is 23.0 Å². The number of fused-ring (bicyclic) bond motifs is 1. The number of amides is 1. The van der Waals surface area contributed by atoms with Crippen molar-refractivity contribution in [2.24, 2.45) is 0 Å². The molecule has 224 valence electrons. The summed E-state index contributed by atoms with van der Waals surface area (Å²) in [5, 5.41) is 11.6. The molecule has 4 aromatic carbocycles. The van der Waals surface area contributed by atoms with Crippen LogP contribution in [-0.2, 0) is 22.6 Å². The fourth-order valence-electron chi connectivity index (χ4n) is 5.52. The molecule has 2 aliphatic heterocycles. The molecule has 0 saturated carbocycles. The highest BCUT2D eigenvalue weighted by Crippen LogP contribution is 2.43. The van der Waals surface area contributed by atoms with Crippen molar-refractivity contribution in [2.45, 2.75) is 26.0 Å². The van der Waals surface area contributed by atoms with E-state index in [1.54, 1.807) is 30.3 Å². The monoisotopic (exact) mass is 591 g/mol. The minimum Gasteiger partial charge on any atom is -0.507 e. The predicted molar refractivity (Wildman–Crippen MR) is 165 cm³/mol. The lowest BCUT2D eigenvalue weighted by molar-refractivity contribution is -0.139. The molecule has 2 heterocycles. The predicted octanol–water partition coefficient (Wildman–Crippen LogP) is 6.10. The van der Waals surface area contributed by atoms with E-state index in [0.29, 0.717) is 67.0 Å². The molecule has 0 bridgehead atoms. The molecule has 2 aliphatic rings. The van der Waals surface area contributed by atoms with E-state index in [-0.39, 0.29) is 17.9 Å². The Morgan fingerprint density at radius 3 is 2.25 bits per heavy atom. The molecule has 1 saturated heterocycles. The number of ketones is 1. The van der Waals surface area contributed by atoms with E-state index in [2.05, 4.69) is 0 Å². The first kappa shape index (κ1) is 28.9. The number of carbonyl (C=O) groups excluding carboxylic acids is 2. The number of benzene rings is 4. The van der Waals surface area contributed by atoms with Crippen LogP contribution >= 0.6 is 0 Å². The quantitative estimate of drug-likeness (QED) is 0.135. The first-order valence-corrected chi connectivity index (χ1v) is 14.7. The van der Waals surface area contributed by atoms with Gasteiger partial charge in [-0.25, -0.2) is 0 Å². The van der Waals surface area contributed by atoms with E-state index in [1.807, 2.05) is 73.7 Å². The van der Waals surface area contributed by atoms with Gasteiger partial charge in [-0.2, -0.15) is 0 Å². The van der Waals surface area contributed by atoms with Gasteiger partial charge >= 0.3 is 0 Å². The Morgan fingerprint density at radius 1 is 0.818 bits per heavy atom. The molecule has 1 atom stereocenters. The standard InChI is InChI=1S/C36H33NO7/c1-2-41-30-21-26(13-15-29(30)44-23-25-11-7-4-8-12-25)33-32(34(38)27-14-16-28-31(22-27)43-20-19-42-28)35(39)36(40)37(33)18-17-24-9-5-3-6-10-24/h3-16,21-22,33,38H,2,17-20,23H2,1H3/b34-32+/t33-/m0/s1. The van der Waals surface area contributed by atoms with Crippen LogP contribution in [0.1, 0.15) is 35.2 Å². The third-order valence-electron chi connectivity index (χ3n) is 7.66. The highest BCUT2D eigenvalue weighted by Gasteiger charge is 2.46. The largest absolute Gasteiger partial charge is 0.507 e. The van der Waals surface area contributed by atoms with Crippen molar-refractivity contribution in [3.63, 3.8) is 0 Å². The number of hydrogen-bond acceptors (Lipinski definition) is 7. The van der Waals surface area contributed by atoms with Crippen LogP contribution in [0.15, 0.2) is 103 Å². The first-order valence-electron chi connectivity index (χ1n) is 14.7. The minimum atomic E-state index is -0.853. The maximum absolute atomic E-state index is 13.6. The van der Waals surface area contributed by atoms with Crippen LogP contribution in [0, 0.1) is 0 Å². The number of Topliss-reactive ketones (excluding diaryl/α,β-unsaturated/α-hetero) is 1. The van der Waals surface area contributed by atoms with Gasteiger partial charge in [0.05, 0.1) is 18.2 Å². The molecule has 8 nitrogen and oxygen atoms in total. The van der Waals surface area contributed by atoms with Crippen LogP contribution in [0.4, 0.5) is 0 Å². The lowest BCUT2D eigenvalue weighted by Crippen LogP contribution is -2.31. The third kappa shape index (κ3) is 5.97. The van der Waals surface area contributed by atoms with Gasteiger partial charge in [-0.1, -0.05) is 66.7 Å². The van der Waals surface area contributed by atoms with Gasteiger partial charge in [0.25, 0.3) is 11.7 Å². The van der Waals surface area contributed by atoms with Crippen molar-refractivity contribution in [2.75, 3.05) is 26.4 Å². The van der Waals surface area contributed by atoms with Crippen molar-refractivity contribution in [1.82, 2.24) is 4.90 Å². The highest BCUT2D eigenvalue weighted by atomic mass is 16.6. The van der Waals surface area contributed by atoms with E-state index < -0.39 is 17.7 Å². The zero-order chi connectivity index (χ0) is 30.5. The molecule has 0 aliphatic carbocycles. The molecule has 8 heteroatoms. The van der Waals surface area contributed by atoms with E-state index in [0.717, 1.165) is 11.1 Å². The molecule has 6 rings (SSSR count). The van der Waals surface area contributed by atoms with Gasteiger partial charge in [0.15, 0.2) is 23.0 Å². The molecule has 0 unspecified atom stereocenters. The molecular weight excluding hydrogens is 558 g/mol. The lowest BCUT2D eigenvalue weighted by atomic mass is 9.94. The van der Waals surface area contributed by atoms with Crippen molar-refractivity contribution in [1.29, 1.82) is 0 Å². The Morgan fingerprint density at radius 2 is 1.52 bits per heavy atom. The van der Waals surface area contributed by atoms with Gasteiger partial charge in [-0.05, 0) is 60.4 Å². The van der Waals surface area contributed by atoms with Crippen molar-refractivity contribution >= 4 is 17.4 Å². The highest BCUT2D eigenvalue weighted by molar-refractivity contribution is 6.46. The summed E-state index contributed by atoms with van der Waals surface area (Å²) in [7, 11) is 0. The second-order valence-corrected chi connectivity index (χ2v) is 10.5. The fraction of sp³-hybridized carbons (Fsp3) is 0.222. The lowest BCUT2D eigenvalue weighted by Gasteiger charge is -2.26. The summed E-state index contributed by atoms with van der Waals surface area (Å²) in [5.41, 5.74) is 3.01. The van der Waals surface area contributed by atoms with E-state index in [4.69, 9.17) is 18.9 Å². The van der Waals surface area contributed by atoms with Crippen LogP contribution < -0.4 is 18.9 Å².